The van der Waals surface area contributed by atoms with Gasteiger partial charge in [-0.2, -0.15) is 0 Å². The van der Waals surface area contributed by atoms with Crippen LogP contribution in [0.5, 0.6) is 0 Å². The van der Waals surface area contributed by atoms with Gasteiger partial charge in [-0.05, 0) is 30.5 Å². The Morgan fingerprint density at radius 2 is 2.16 bits per heavy atom. The first-order chi connectivity index (χ1) is 9.24. The van der Waals surface area contributed by atoms with Crippen LogP contribution in [0.25, 0.3) is 0 Å². The third-order valence-electron chi connectivity index (χ3n) is 4.83. The lowest BCUT2D eigenvalue weighted by molar-refractivity contribution is -0.131. The fraction of sp³-hybridized carbons (Fsp3) is 0.533. The van der Waals surface area contributed by atoms with Crippen LogP contribution in [0.4, 0.5) is 5.69 Å². The topological polar surface area (TPSA) is 23.6 Å². The van der Waals surface area contributed by atoms with Crippen molar-refractivity contribution in [1.29, 1.82) is 0 Å². The molecule has 2 heterocycles. The summed E-state index contributed by atoms with van der Waals surface area (Å²) in [5.74, 6) is 0.449. The Balaban J connectivity index is 1.56. The summed E-state index contributed by atoms with van der Waals surface area (Å²) in [6.07, 6.45) is 2.97. The van der Waals surface area contributed by atoms with Crippen LogP contribution in [-0.2, 0) is 11.2 Å². The number of halogens is 1. The number of fused-ring (bicyclic) bond motifs is 3. The van der Waals surface area contributed by atoms with Crippen molar-refractivity contribution in [3.05, 3.63) is 28.2 Å². The summed E-state index contributed by atoms with van der Waals surface area (Å²) < 4.78 is 1.23. The molecule has 4 heteroatoms. The van der Waals surface area contributed by atoms with E-state index >= 15 is 0 Å². The van der Waals surface area contributed by atoms with Gasteiger partial charge in [0.1, 0.15) is 5.78 Å². The molecule has 2 atom stereocenters. The van der Waals surface area contributed by atoms with E-state index in [4.69, 9.17) is 0 Å². The van der Waals surface area contributed by atoms with Crippen LogP contribution >= 0.6 is 15.9 Å². The van der Waals surface area contributed by atoms with Gasteiger partial charge in [-0.3, -0.25) is 9.69 Å². The van der Waals surface area contributed by atoms with Crippen LogP contribution < -0.4 is 4.90 Å². The van der Waals surface area contributed by atoms with Crippen LogP contribution in [-0.4, -0.2) is 42.4 Å². The Bertz CT molecular complexity index is 545. The van der Waals surface area contributed by atoms with E-state index in [-0.39, 0.29) is 6.04 Å². The molecule has 3 aliphatic rings. The molecule has 0 aromatic heterocycles. The van der Waals surface area contributed by atoms with Gasteiger partial charge in [0, 0.05) is 42.3 Å². The molecule has 0 unspecified atom stereocenters. The lowest BCUT2D eigenvalue weighted by Crippen LogP contribution is -2.59. The molecule has 2 fully saturated rings. The molecule has 0 amide bonds. The van der Waals surface area contributed by atoms with Crippen molar-refractivity contribution >= 4 is 27.4 Å². The number of hydrogen-bond acceptors (Lipinski definition) is 3. The minimum absolute atomic E-state index is 0.231. The fourth-order valence-electron chi connectivity index (χ4n) is 3.69. The van der Waals surface area contributed by atoms with E-state index in [1.807, 2.05) is 0 Å². The first-order valence-electron chi connectivity index (χ1n) is 7.05. The minimum atomic E-state index is 0.231. The Hall–Kier alpha value is -0.870. The highest BCUT2D eigenvalue weighted by Crippen LogP contribution is 2.39. The highest BCUT2D eigenvalue weighted by atomic mass is 79.9. The maximum Gasteiger partial charge on any atom is 0.150 e. The van der Waals surface area contributed by atoms with Gasteiger partial charge >= 0.3 is 0 Å². The molecular weight excluding hydrogens is 304 g/mol. The largest absolute Gasteiger partial charge is 0.365 e. The second kappa shape index (κ2) is 4.32. The summed E-state index contributed by atoms with van der Waals surface area (Å²) >= 11 is 3.67. The van der Waals surface area contributed by atoms with E-state index < -0.39 is 0 Å². The summed E-state index contributed by atoms with van der Waals surface area (Å²) in [5, 5.41) is 0. The Kier molecular flexibility index (Phi) is 2.71. The molecular formula is C15H17BrN2O. The normalized spacial score (nSPS) is 29.9. The number of nitrogens with zero attached hydrogens (tertiary/aromatic N) is 2. The first-order valence-corrected chi connectivity index (χ1v) is 7.84. The molecule has 0 bridgehead atoms. The predicted octanol–water partition coefficient (Wildman–Crippen LogP) is 2.23. The van der Waals surface area contributed by atoms with Gasteiger partial charge < -0.3 is 4.90 Å². The van der Waals surface area contributed by atoms with E-state index in [9.17, 15) is 4.79 Å². The molecule has 100 valence electrons. The van der Waals surface area contributed by atoms with E-state index in [1.165, 1.54) is 15.7 Å². The number of benzene rings is 1. The quantitative estimate of drug-likeness (QED) is 0.792. The monoisotopic (exact) mass is 320 g/mol. The smallest absolute Gasteiger partial charge is 0.150 e. The Labute approximate surface area is 121 Å². The molecule has 2 aliphatic heterocycles. The van der Waals surface area contributed by atoms with Crippen molar-refractivity contribution in [3.8, 4) is 0 Å². The molecule has 0 radical (unpaired) electrons. The van der Waals surface area contributed by atoms with Crippen LogP contribution in [0, 0.1) is 0 Å². The molecule has 1 aromatic carbocycles. The number of ketones is 1. The fourth-order valence-corrected chi connectivity index (χ4v) is 4.20. The number of rotatable bonds is 1. The van der Waals surface area contributed by atoms with Crippen molar-refractivity contribution in [3.63, 3.8) is 0 Å². The molecule has 4 rings (SSSR count). The second-order valence-electron chi connectivity index (χ2n) is 5.80. The van der Waals surface area contributed by atoms with E-state index in [0.717, 1.165) is 38.9 Å². The number of anilines is 1. The van der Waals surface area contributed by atoms with Crippen molar-refractivity contribution in [1.82, 2.24) is 4.90 Å². The molecule has 0 N–H and O–H groups in total. The number of carbonyl (C=O) groups is 1. The average molecular weight is 321 g/mol. The Morgan fingerprint density at radius 1 is 1.26 bits per heavy atom. The summed E-state index contributed by atoms with van der Waals surface area (Å²) in [4.78, 5) is 16.6. The van der Waals surface area contributed by atoms with Gasteiger partial charge in [-0.15, -0.1) is 0 Å². The molecule has 1 saturated carbocycles. The van der Waals surface area contributed by atoms with E-state index in [2.05, 4.69) is 43.9 Å². The average Bonchev–Trinajstić information content (AvgIpc) is 2.76. The Morgan fingerprint density at radius 3 is 2.89 bits per heavy atom. The SMILES string of the molecule is O=C1CC[C@H]1N1CCN2c3cccc(Br)c3C[C@H]2C1. The van der Waals surface area contributed by atoms with E-state index in [0.29, 0.717) is 11.8 Å². The number of carbonyl (C=O) groups excluding carboxylic acids is 1. The third kappa shape index (κ3) is 1.77. The summed E-state index contributed by atoms with van der Waals surface area (Å²) in [6.45, 7) is 3.12. The van der Waals surface area contributed by atoms with Gasteiger partial charge in [0.25, 0.3) is 0 Å². The van der Waals surface area contributed by atoms with Crippen LogP contribution in [0.15, 0.2) is 22.7 Å². The second-order valence-corrected chi connectivity index (χ2v) is 6.66. The van der Waals surface area contributed by atoms with Crippen molar-refractivity contribution in [2.45, 2.75) is 31.3 Å². The standard InChI is InChI=1S/C15H17BrN2O/c16-12-2-1-3-13-11(12)8-10-9-17(6-7-18(10)13)14-4-5-15(14)19/h1-3,10,14H,4-9H2/t10-,14+/m0/s1. The first kappa shape index (κ1) is 11.9. The number of Topliss-reactive ketones (excluding diaryl/α,β-unsaturated/α-hetero) is 1. The summed E-state index contributed by atoms with van der Waals surface area (Å²) in [7, 11) is 0. The van der Waals surface area contributed by atoms with Crippen LogP contribution in [0.1, 0.15) is 18.4 Å². The summed E-state index contributed by atoms with van der Waals surface area (Å²) in [5.41, 5.74) is 2.83. The molecule has 1 saturated heterocycles. The molecule has 1 aromatic rings. The van der Waals surface area contributed by atoms with Crippen LogP contribution in [0.3, 0.4) is 0 Å². The maximum absolute atomic E-state index is 11.6. The molecule has 3 nitrogen and oxygen atoms in total. The molecule has 0 spiro atoms. The number of hydrogen-bond donors (Lipinski definition) is 0. The van der Waals surface area contributed by atoms with Gasteiger partial charge in [-0.1, -0.05) is 22.0 Å². The molecule has 1 aliphatic carbocycles. The van der Waals surface area contributed by atoms with Gasteiger partial charge in [0.05, 0.1) is 6.04 Å². The zero-order valence-electron chi connectivity index (χ0n) is 10.8. The lowest BCUT2D eigenvalue weighted by atomic mass is 9.88. The van der Waals surface area contributed by atoms with Gasteiger partial charge in [0.2, 0.25) is 0 Å². The van der Waals surface area contributed by atoms with Gasteiger partial charge in [0.15, 0.2) is 0 Å². The zero-order chi connectivity index (χ0) is 13.0. The summed E-state index contributed by atoms with van der Waals surface area (Å²) in [6, 6.07) is 7.26. The minimum Gasteiger partial charge on any atom is -0.365 e. The number of piperazine rings is 1. The third-order valence-corrected chi connectivity index (χ3v) is 5.58. The van der Waals surface area contributed by atoms with Crippen molar-refractivity contribution in [2.75, 3.05) is 24.5 Å². The van der Waals surface area contributed by atoms with Crippen LogP contribution in [0.2, 0.25) is 0 Å². The van der Waals surface area contributed by atoms with Crippen molar-refractivity contribution < 1.29 is 4.79 Å². The van der Waals surface area contributed by atoms with E-state index in [1.54, 1.807) is 0 Å². The van der Waals surface area contributed by atoms with Crippen molar-refractivity contribution in [2.24, 2.45) is 0 Å². The zero-order valence-corrected chi connectivity index (χ0v) is 12.4. The van der Waals surface area contributed by atoms with Gasteiger partial charge in [-0.25, -0.2) is 0 Å². The highest BCUT2D eigenvalue weighted by Gasteiger charge is 2.40. The predicted molar refractivity (Wildman–Crippen MR) is 78.6 cm³/mol. The maximum atomic E-state index is 11.6. The molecule has 19 heavy (non-hydrogen) atoms. The highest BCUT2D eigenvalue weighted by molar-refractivity contribution is 9.10. The lowest BCUT2D eigenvalue weighted by Gasteiger charge is -2.44.